The molecule has 8 nitrogen and oxygen atoms in total. The van der Waals surface area contributed by atoms with Gasteiger partial charge in [0.15, 0.2) is 5.82 Å². The van der Waals surface area contributed by atoms with Crippen LogP contribution in [-0.4, -0.2) is 49.0 Å². The molecule has 3 heterocycles. The van der Waals surface area contributed by atoms with E-state index in [0.717, 1.165) is 43.0 Å². The average molecular weight is 297 g/mol. The van der Waals surface area contributed by atoms with Crippen LogP contribution < -0.4 is 0 Å². The van der Waals surface area contributed by atoms with Gasteiger partial charge in [-0.1, -0.05) is 24.3 Å². The molecule has 2 N–H and O–H groups in total. The smallest absolute Gasteiger partial charge is 0.205 e. The van der Waals surface area contributed by atoms with E-state index >= 15 is 0 Å². The Labute approximate surface area is 126 Å². The number of tetrazole rings is 1. The highest BCUT2D eigenvalue weighted by Gasteiger charge is 2.21. The molecule has 0 amide bonds. The van der Waals surface area contributed by atoms with Crippen molar-refractivity contribution >= 4 is 0 Å². The molecule has 0 saturated carbocycles. The Morgan fingerprint density at radius 2 is 1.77 bits per heavy atom. The summed E-state index contributed by atoms with van der Waals surface area (Å²) >= 11 is 0. The summed E-state index contributed by atoms with van der Waals surface area (Å²) in [6.07, 6.45) is 1.95. The first kappa shape index (κ1) is 13.1. The van der Waals surface area contributed by atoms with E-state index in [0.29, 0.717) is 17.6 Å². The van der Waals surface area contributed by atoms with E-state index in [1.165, 1.54) is 0 Å². The fraction of sp³-hybridized carbons (Fsp3) is 0.357. The van der Waals surface area contributed by atoms with Gasteiger partial charge in [-0.25, -0.2) is 4.98 Å². The SMILES string of the molecule is c1ccc(-c2n[nH]c(C3CCOCC3)n2)c(-c2nn[nH]n2)c1. The quantitative estimate of drug-likeness (QED) is 0.759. The zero-order valence-electron chi connectivity index (χ0n) is 11.9. The Kier molecular flexibility index (Phi) is 3.36. The van der Waals surface area contributed by atoms with Gasteiger partial charge in [0, 0.05) is 30.3 Å². The summed E-state index contributed by atoms with van der Waals surface area (Å²) in [5.41, 5.74) is 1.74. The molecule has 1 fully saturated rings. The summed E-state index contributed by atoms with van der Waals surface area (Å²) in [5.74, 6) is 2.49. The number of nitrogens with one attached hydrogen (secondary N) is 2. The van der Waals surface area contributed by atoms with Crippen molar-refractivity contribution < 1.29 is 4.74 Å². The molecular formula is C14H15N7O. The van der Waals surface area contributed by atoms with E-state index in [9.17, 15) is 0 Å². The molecule has 112 valence electrons. The summed E-state index contributed by atoms with van der Waals surface area (Å²) in [6.45, 7) is 1.56. The first-order valence-corrected chi connectivity index (χ1v) is 7.25. The molecule has 4 rings (SSSR count). The molecule has 3 aromatic rings. The number of hydrogen-bond donors (Lipinski definition) is 2. The van der Waals surface area contributed by atoms with Crippen LogP contribution >= 0.6 is 0 Å². The van der Waals surface area contributed by atoms with E-state index in [-0.39, 0.29) is 0 Å². The number of ether oxygens (including phenoxy) is 1. The fourth-order valence-corrected chi connectivity index (χ4v) is 2.70. The lowest BCUT2D eigenvalue weighted by Crippen LogP contribution is -2.15. The molecule has 1 aromatic carbocycles. The van der Waals surface area contributed by atoms with Crippen LogP contribution in [0.1, 0.15) is 24.6 Å². The van der Waals surface area contributed by atoms with E-state index in [2.05, 4.69) is 35.8 Å². The lowest BCUT2D eigenvalue weighted by molar-refractivity contribution is 0.0836. The van der Waals surface area contributed by atoms with Crippen molar-refractivity contribution in [2.24, 2.45) is 0 Å². The van der Waals surface area contributed by atoms with Crippen LogP contribution in [0, 0.1) is 0 Å². The maximum absolute atomic E-state index is 5.39. The number of aromatic nitrogens is 7. The zero-order valence-corrected chi connectivity index (χ0v) is 11.9. The number of H-pyrrole nitrogens is 2. The molecule has 1 aliphatic rings. The first-order valence-electron chi connectivity index (χ1n) is 7.25. The second-order valence-electron chi connectivity index (χ2n) is 5.21. The van der Waals surface area contributed by atoms with E-state index < -0.39 is 0 Å². The third kappa shape index (κ3) is 2.37. The Hall–Kier alpha value is -2.61. The molecular weight excluding hydrogens is 282 g/mol. The molecule has 22 heavy (non-hydrogen) atoms. The van der Waals surface area contributed by atoms with Crippen molar-refractivity contribution in [1.29, 1.82) is 0 Å². The Bertz CT molecular complexity index is 746. The van der Waals surface area contributed by atoms with E-state index in [1.807, 2.05) is 24.3 Å². The van der Waals surface area contributed by atoms with Gasteiger partial charge in [-0.05, 0) is 18.1 Å². The second-order valence-corrected chi connectivity index (χ2v) is 5.21. The van der Waals surface area contributed by atoms with Gasteiger partial charge in [0.05, 0.1) is 0 Å². The van der Waals surface area contributed by atoms with Crippen molar-refractivity contribution in [2.45, 2.75) is 18.8 Å². The summed E-state index contributed by atoms with van der Waals surface area (Å²) in [7, 11) is 0. The van der Waals surface area contributed by atoms with Crippen LogP contribution in [0.3, 0.4) is 0 Å². The number of aromatic amines is 2. The van der Waals surface area contributed by atoms with Crippen LogP contribution in [0.4, 0.5) is 0 Å². The minimum Gasteiger partial charge on any atom is -0.381 e. The Morgan fingerprint density at radius 1 is 1.00 bits per heavy atom. The maximum atomic E-state index is 5.39. The number of rotatable bonds is 3. The molecule has 8 heteroatoms. The Balaban J connectivity index is 1.69. The normalized spacial score (nSPS) is 16.0. The number of nitrogens with zero attached hydrogens (tertiary/aromatic N) is 5. The van der Waals surface area contributed by atoms with Gasteiger partial charge in [-0.3, -0.25) is 5.10 Å². The number of hydrogen-bond acceptors (Lipinski definition) is 6. The average Bonchev–Trinajstić information content (AvgIpc) is 3.28. The van der Waals surface area contributed by atoms with Crippen LogP contribution in [-0.2, 0) is 4.74 Å². The second kappa shape index (κ2) is 5.64. The van der Waals surface area contributed by atoms with Gasteiger partial charge < -0.3 is 4.74 Å². The van der Waals surface area contributed by atoms with Crippen molar-refractivity contribution in [1.82, 2.24) is 35.8 Å². The van der Waals surface area contributed by atoms with Crippen LogP contribution in [0.15, 0.2) is 24.3 Å². The van der Waals surface area contributed by atoms with E-state index in [4.69, 9.17) is 4.74 Å². The molecule has 0 spiro atoms. The highest BCUT2D eigenvalue weighted by atomic mass is 16.5. The first-order chi connectivity index (χ1) is 10.9. The standard InChI is InChI=1S/C14H15N7O/c1-2-4-11(14-18-20-21-19-14)10(3-1)13-15-12(16-17-13)9-5-7-22-8-6-9/h1-4,9H,5-8H2,(H,15,16,17)(H,18,19,20,21). The maximum Gasteiger partial charge on any atom is 0.205 e. The fourth-order valence-electron chi connectivity index (χ4n) is 2.70. The topological polar surface area (TPSA) is 105 Å². The molecule has 0 unspecified atom stereocenters. The van der Waals surface area contributed by atoms with Gasteiger partial charge in [0.1, 0.15) is 5.82 Å². The van der Waals surface area contributed by atoms with Crippen molar-refractivity contribution in [3.05, 3.63) is 30.1 Å². The van der Waals surface area contributed by atoms with Crippen molar-refractivity contribution in [3.8, 4) is 22.8 Å². The van der Waals surface area contributed by atoms with Crippen LogP contribution in [0.2, 0.25) is 0 Å². The lowest BCUT2D eigenvalue weighted by Gasteiger charge is -2.19. The molecule has 0 bridgehead atoms. The molecule has 2 aromatic heterocycles. The largest absolute Gasteiger partial charge is 0.381 e. The van der Waals surface area contributed by atoms with Crippen LogP contribution in [0.25, 0.3) is 22.8 Å². The predicted molar refractivity (Wildman–Crippen MR) is 77.8 cm³/mol. The molecule has 1 aliphatic heterocycles. The zero-order chi connectivity index (χ0) is 14.8. The number of benzene rings is 1. The summed E-state index contributed by atoms with van der Waals surface area (Å²) in [6, 6.07) is 7.78. The monoisotopic (exact) mass is 297 g/mol. The minimum atomic E-state index is 0.382. The molecule has 0 radical (unpaired) electrons. The van der Waals surface area contributed by atoms with Gasteiger partial charge in [0.2, 0.25) is 5.82 Å². The van der Waals surface area contributed by atoms with Gasteiger partial charge >= 0.3 is 0 Å². The third-order valence-corrected chi connectivity index (χ3v) is 3.86. The molecule has 0 atom stereocenters. The van der Waals surface area contributed by atoms with Gasteiger partial charge in [-0.15, -0.1) is 10.2 Å². The summed E-state index contributed by atoms with van der Waals surface area (Å²) < 4.78 is 5.39. The van der Waals surface area contributed by atoms with Gasteiger partial charge in [0.25, 0.3) is 0 Å². The lowest BCUT2D eigenvalue weighted by atomic mass is 10.00. The predicted octanol–water partition coefficient (Wildman–Crippen LogP) is 1.55. The van der Waals surface area contributed by atoms with Crippen molar-refractivity contribution in [2.75, 3.05) is 13.2 Å². The van der Waals surface area contributed by atoms with Gasteiger partial charge in [-0.2, -0.15) is 10.3 Å². The summed E-state index contributed by atoms with van der Waals surface area (Å²) in [4.78, 5) is 4.67. The summed E-state index contributed by atoms with van der Waals surface area (Å²) in [5, 5.41) is 21.6. The van der Waals surface area contributed by atoms with Crippen LogP contribution in [0.5, 0.6) is 0 Å². The van der Waals surface area contributed by atoms with Crippen molar-refractivity contribution in [3.63, 3.8) is 0 Å². The van der Waals surface area contributed by atoms with E-state index in [1.54, 1.807) is 0 Å². The minimum absolute atomic E-state index is 0.382. The third-order valence-electron chi connectivity index (χ3n) is 3.86. The highest BCUT2D eigenvalue weighted by Crippen LogP contribution is 2.29. The highest BCUT2D eigenvalue weighted by molar-refractivity contribution is 5.76. The molecule has 1 saturated heterocycles. The molecule has 0 aliphatic carbocycles. The Morgan fingerprint density at radius 3 is 2.50 bits per heavy atom.